The maximum absolute atomic E-state index is 10.8. The Bertz CT molecular complexity index is 282. The van der Waals surface area contributed by atoms with Crippen LogP contribution in [0.5, 0.6) is 0 Å². The summed E-state index contributed by atoms with van der Waals surface area (Å²) < 4.78 is 0.979. The van der Waals surface area contributed by atoms with Gasteiger partial charge in [0.2, 0.25) is 5.56 Å². The summed E-state index contributed by atoms with van der Waals surface area (Å²) in [6.45, 7) is 3.75. The monoisotopic (exact) mass is 237 g/mol. The van der Waals surface area contributed by atoms with Crippen LogP contribution < -0.4 is 5.56 Å². The van der Waals surface area contributed by atoms with E-state index in [1.54, 1.807) is 6.07 Å². The largest absolute Gasteiger partial charge is 0.325 e. The summed E-state index contributed by atoms with van der Waals surface area (Å²) in [6, 6.07) is 1.57. The molecule has 0 aliphatic carbocycles. The summed E-state index contributed by atoms with van der Waals surface area (Å²) in [4.78, 5) is 13.5. The van der Waals surface area contributed by atoms with Crippen LogP contribution in [0.15, 0.2) is 15.3 Å². The zero-order chi connectivity index (χ0) is 7.72. The Balaban J connectivity index is 0.000001000. The van der Waals surface area contributed by atoms with Crippen molar-refractivity contribution < 1.29 is 0 Å². The predicted molar refractivity (Wildman–Crippen MR) is 51.5 cm³/mol. The molecule has 11 heavy (non-hydrogen) atoms. The maximum Gasteiger partial charge on any atom is 0.248 e. The van der Waals surface area contributed by atoms with Crippen LogP contribution in [-0.4, -0.2) is 4.98 Å². The van der Waals surface area contributed by atoms with Crippen LogP contribution in [0.25, 0.3) is 0 Å². The van der Waals surface area contributed by atoms with E-state index in [-0.39, 0.29) is 18.0 Å². The molecule has 1 heterocycles. The van der Waals surface area contributed by atoms with Gasteiger partial charge in [-0.05, 0) is 35.3 Å². The molecule has 0 atom stereocenters. The van der Waals surface area contributed by atoms with Gasteiger partial charge in [0.05, 0.1) is 0 Å². The molecule has 0 spiro atoms. The normalized spacial score (nSPS) is 9.00. The topological polar surface area (TPSA) is 32.9 Å². The van der Waals surface area contributed by atoms with Crippen LogP contribution in [0.2, 0.25) is 0 Å². The number of nitrogens with one attached hydrogen (secondary N) is 1. The van der Waals surface area contributed by atoms with E-state index in [0.29, 0.717) is 0 Å². The smallest absolute Gasteiger partial charge is 0.248 e. The molecule has 0 saturated heterocycles. The number of H-pyrrole nitrogens is 1. The molecular weight excluding hydrogens is 229 g/mol. The molecule has 0 amide bonds. The van der Waals surface area contributed by atoms with Gasteiger partial charge >= 0.3 is 0 Å². The summed E-state index contributed by atoms with van der Waals surface area (Å²) in [5, 5.41) is 0. The summed E-state index contributed by atoms with van der Waals surface area (Å²) in [5.74, 6) is 0. The first-order chi connectivity index (χ1) is 4.61. The summed E-state index contributed by atoms with van der Waals surface area (Å²) >= 11 is 3.34. The van der Waals surface area contributed by atoms with Crippen LogP contribution in [0.3, 0.4) is 0 Å². The van der Waals surface area contributed by atoms with Crippen LogP contribution in [-0.2, 0) is 0 Å². The molecule has 0 aliphatic heterocycles. The number of aromatic nitrogens is 1. The van der Waals surface area contributed by atoms with E-state index >= 15 is 0 Å². The number of pyridine rings is 1. The molecule has 0 aromatic carbocycles. The lowest BCUT2D eigenvalue weighted by atomic mass is 10.2. The molecule has 62 valence electrons. The van der Waals surface area contributed by atoms with Crippen LogP contribution in [0.1, 0.15) is 11.3 Å². The van der Waals surface area contributed by atoms with Gasteiger partial charge in [0.15, 0.2) is 0 Å². The summed E-state index contributed by atoms with van der Waals surface area (Å²) in [7, 11) is 0. The minimum absolute atomic E-state index is 0. The molecular formula is C7H9BrClNO. The molecule has 0 unspecified atom stereocenters. The minimum atomic E-state index is -0.0433. The SMILES string of the molecule is Cc1cc(=O)[nH]c(C)c1Br.Cl. The van der Waals surface area contributed by atoms with E-state index < -0.39 is 0 Å². The zero-order valence-electron chi connectivity index (χ0n) is 6.27. The lowest BCUT2D eigenvalue weighted by molar-refractivity contribution is 1.10. The third-order valence-corrected chi connectivity index (χ3v) is 2.55. The molecule has 0 fully saturated rings. The van der Waals surface area contributed by atoms with Crippen molar-refractivity contribution in [1.29, 1.82) is 0 Å². The van der Waals surface area contributed by atoms with Gasteiger partial charge in [0.1, 0.15) is 0 Å². The van der Waals surface area contributed by atoms with Gasteiger partial charge in [-0.15, -0.1) is 12.4 Å². The van der Waals surface area contributed by atoms with E-state index in [1.807, 2.05) is 13.8 Å². The highest BCUT2D eigenvalue weighted by Gasteiger charge is 1.98. The molecule has 0 aliphatic rings. The summed E-state index contributed by atoms with van der Waals surface area (Å²) in [5.41, 5.74) is 1.81. The highest BCUT2D eigenvalue weighted by Crippen LogP contribution is 2.15. The fraction of sp³-hybridized carbons (Fsp3) is 0.286. The van der Waals surface area contributed by atoms with Gasteiger partial charge in [-0.2, -0.15) is 0 Å². The first-order valence-corrected chi connectivity index (χ1v) is 3.76. The van der Waals surface area contributed by atoms with Gasteiger partial charge in [0, 0.05) is 16.2 Å². The van der Waals surface area contributed by atoms with Gasteiger partial charge in [0.25, 0.3) is 0 Å². The van der Waals surface area contributed by atoms with Crippen molar-refractivity contribution in [2.45, 2.75) is 13.8 Å². The molecule has 0 saturated carbocycles. The number of aromatic amines is 1. The molecule has 0 radical (unpaired) electrons. The van der Waals surface area contributed by atoms with Gasteiger partial charge < -0.3 is 4.98 Å². The Kier molecular flexibility index (Phi) is 3.83. The van der Waals surface area contributed by atoms with E-state index in [2.05, 4.69) is 20.9 Å². The van der Waals surface area contributed by atoms with E-state index in [9.17, 15) is 4.79 Å². The molecule has 2 nitrogen and oxygen atoms in total. The Morgan fingerprint density at radius 1 is 1.45 bits per heavy atom. The fourth-order valence-electron chi connectivity index (χ4n) is 0.832. The molecule has 4 heteroatoms. The first kappa shape index (κ1) is 10.7. The van der Waals surface area contributed by atoms with E-state index in [0.717, 1.165) is 15.7 Å². The van der Waals surface area contributed by atoms with Crippen molar-refractivity contribution in [3.05, 3.63) is 32.2 Å². The lowest BCUT2D eigenvalue weighted by Gasteiger charge is -1.99. The zero-order valence-corrected chi connectivity index (χ0v) is 8.67. The Morgan fingerprint density at radius 2 is 2.00 bits per heavy atom. The first-order valence-electron chi connectivity index (χ1n) is 2.97. The number of aryl methyl sites for hydroxylation is 2. The Hall–Kier alpha value is -0.280. The van der Waals surface area contributed by atoms with Crippen molar-refractivity contribution >= 4 is 28.3 Å². The molecule has 1 rings (SSSR count). The second-order valence-corrected chi connectivity index (χ2v) is 3.05. The number of hydrogen-bond acceptors (Lipinski definition) is 1. The molecule has 1 aromatic heterocycles. The maximum atomic E-state index is 10.8. The molecule has 1 aromatic rings. The van der Waals surface area contributed by atoms with Gasteiger partial charge in [-0.25, -0.2) is 0 Å². The van der Waals surface area contributed by atoms with Crippen LogP contribution in [0, 0.1) is 13.8 Å². The average Bonchev–Trinajstić information content (AvgIpc) is 1.82. The molecule has 1 N–H and O–H groups in total. The second kappa shape index (κ2) is 3.93. The number of hydrogen-bond donors (Lipinski definition) is 1. The Labute approximate surface area is 79.6 Å². The number of rotatable bonds is 0. The predicted octanol–water partition coefficient (Wildman–Crippen LogP) is 2.18. The van der Waals surface area contributed by atoms with Crippen molar-refractivity contribution in [3.8, 4) is 0 Å². The van der Waals surface area contributed by atoms with Crippen molar-refractivity contribution in [1.82, 2.24) is 4.98 Å². The van der Waals surface area contributed by atoms with Crippen molar-refractivity contribution in [2.24, 2.45) is 0 Å². The van der Waals surface area contributed by atoms with E-state index in [4.69, 9.17) is 0 Å². The number of halogens is 2. The minimum Gasteiger partial charge on any atom is -0.325 e. The highest BCUT2D eigenvalue weighted by molar-refractivity contribution is 9.10. The van der Waals surface area contributed by atoms with Crippen LogP contribution >= 0.6 is 28.3 Å². The average molecular weight is 239 g/mol. The lowest BCUT2D eigenvalue weighted by Crippen LogP contribution is -2.06. The van der Waals surface area contributed by atoms with E-state index in [1.165, 1.54) is 0 Å². The third-order valence-electron chi connectivity index (χ3n) is 1.33. The Morgan fingerprint density at radius 3 is 2.45 bits per heavy atom. The summed E-state index contributed by atoms with van der Waals surface area (Å²) in [6.07, 6.45) is 0. The van der Waals surface area contributed by atoms with Crippen molar-refractivity contribution in [2.75, 3.05) is 0 Å². The third kappa shape index (κ3) is 2.34. The second-order valence-electron chi connectivity index (χ2n) is 2.26. The quantitative estimate of drug-likeness (QED) is 0.738. The van der Waals surface area contributed by atoms with Gasteiger partial charge in [-0.3, -0.25) is 4.79 Å². The fourth-order valence-corrected chi connectivity index (χ4v) is 1.05. The standard InChI is InChI=1S/C7H8BrNO.ClH/c1-4-3-6(10)9-5(2)7(4)8;/h3H,1-2H3,(H,9,10);1H. The van der Waals surface area contributed by atoms with Crippen molar-refractivity contribution in [3.63, 3.8) is 0 Å². The van der Waals surface area contributed by atoms with Gasteiger partial charge in [-0.1, -0.05) is 0 Å². The highest BCUT2D eigenvalue weighted by atomic mass is 79.9. The van der Waals surface area contributed by atoms with Crippen LogP contribution in [0.4, 0.5) is 0 Å². The molecule has 0 bridgehead atoms.